The van der Waals surface area contributed by atoms with Crippen molar-refractivity contribution in [3.63, 3.8) is 0 Å². The molecule has 7 heteroatoms. The Morgan fingerprint density at radius 1 is 1.16 bits per heavy atom. The van der Waals surface area contributed by atoms with E-state index in [-0.39, 0.29) is 6.42 Å². The highest BCUT2D eigenvalue weighted by Crippen LogP contribution is 2.47. The fourth-order valence-corrected chi connectivity index (χ4v) is 5.45. The summed E-state index contributed by atoms with van der Waals surface area (Å²) in [5.74, 6) is 0. The molecule has 6 rings (SSSR count). The summed E-state index contributed by atoms with van der Waals surface area (Å²) in [6, 6.07) is 7.58. The second-order valence-corrected chi connectivity index (χ2v) is 8.93. The summed E-state index contributed by atoms with van der Waals surface area (Å²) in [6.07, 6.45) is 13.4. The van der Waals surface area contributed by atoms with Crippen LogP contribution >= 0.6 is 11.3 Å². The van der Waals surface area contributed by atoms with Gasteiger partial charge in [0.2, 0.25) is 0 Å². The first-order chi connectivity index (χ1) is 15.6. The number of nitrogens with zero attached hydrogens (tertiary/aromatic N) is 3. The number of pyridine rings is 2. The number of aromatic amines is 1. The van der Waals surface area contributed by atoms with Gasteiger partial charge in [0.15, 0.2) is 0 Å². The SMILES string of the molecule is O[C@@H]1C[C@](O)(C2=CCC(c3csc(-c4c[nH]c5ncccc45)n3)=CC=C2)c2ncccc21. The molecule has 0 unspecified atom stereocenters. The van der Waals surface area contributed by atoms with Crippen molar-refractivity contribution >= 4 is 27.9 Å². The minimum absolute atomic E-state index is 0.209. The highest BCUT2D eigenvalue weighted by molar-refractivity contribution is 7.13. The molecule has 6 nitrogen and oxygen atoms in total. The zero-order valence-corrected chi connectivity index (χ0v) is 17.9. The third kappa shape index (κ3) is 2.97. The van der Waals surface area contributed by atoms with Crippen LogP contribution in [0.5, 0.6) is 0 Å². The second kappa shape index (κ2) is 7.34. The second-order valence-electron chi connectivity index (χ2n) is 8.08. The smallest absolute Gasteiger partial charge is 0.137 e. The molecule has 0 aliphatic heterocycles. The Kier molecular flexibility index (Phi) is 4.43. The predicted molar refractivity (Wildman–Crippen MR) is 125 cm³/mol. The first-order valence-corrected chi connectivity index (χ1v) is 11.3. The molecule has 4 aromatic heterocycles. The van der Waals surface area contributed by atoms with E-state index in [9.17, 15) is 10.2 Å². The third-order valence-corrected chi connectivity index (χ3v) is 7.06. The van der Waals surface area contributed by atoms with Gasteiger partial charge in [0.1, 0.15) is 16.3 Å². The number of aliphatic hydroxyl groups excluding tert-OH is 1. The number of fused-ring (bicyclic) bond motifs is 2. The van der Waals surface area contributed by atoms with Crippen molar-refractivity contribution in [1.29, 1.82) is 0 Å². The Morgan fingerprint density at radius 3 is 2.97 bits per heavy atom. The van der Waals surface area contributed by atoms with E-state index in [1.54, 1.807) is 29.8 Å². The molecule has 2 aliphatic rings. The van der Waals surface area contributed by atoms with Gasteiger partial charge in [-0.2, -0.15) is 0 Å². The molecule has 32 heavy (non-hydrogen) atoms. The summed E-state index contributed by atoms with van der Waals surface area (Å²) in [4.78, 5) is 16.8. The van der Waals surface area contributed by atoms with Crippen LogP contribution in [0.1, 0.15) is 35.9 Å². The molecular weight excluding hydrogens is 420 g/mol. The number of nitrogens with one attached hydrogen (secondary N) is 1. The van der Waals surface area contributed by atoms with Gasteiger partial charge in [-0.25, -0.2) is 9.97 Å². The monoisotopic (exact) mass is 440 g/mol. The van der Waals surface area contributed by atoms with Crippen LogP contribution in [0.3, 0.4) is 0 Å². The normalized spacial score (nSPS) is 22.5. The quantitative estimate of drug-likeness (QED) is 0.430. The van der Waals surface area contributed by atoms with Crippen molar-refractivity contribution < 1.29 is 10.2 Å². The van der Waals surface area contributed by atoms with Crippen LogP contribution < -0.4 is 0 Å². The first-order valence-electron chi connectivity index (χ1n) is 10.5. The Labute approximate surface area is 188 Å². The first kappa shape index (κ1) is 19.3. The lowest BCUT2D eigenvalue weighted by Crippen LogP contribution is -2.25. The maximum Gasteiger partial charge on any atom is 0.137 e. The molecule has 0 amide bonds. The van der Waals surface area contributed by atoms with Crippen molar-refractivity contribution in [2.45, 2.75) is 24.5 Å². The van der Waals surface area contributed by atoms with Crippen LogP contribution in [-0.4, -0.2) is 30.1 Å². The number of hydrogen-bond donors (Lipinski definition) is 3. The summed E-state index contributed by atoms with van der Waals surface area (Å²) >= 11 is 1.60. The average molecular weight is 441 g/mol. The maximum absolute atomic E-state index is 11.5. The highest BCUT2D eigenvalue weighted by Gasteiger charge is 2.45. The van der Waals surface area contributed by atoms with Gasteiger partial charge in [0.25, 0.3) is 0 Å². The van der Waals surface area contributed by atoms with Crippen LogP contribution in [0.15, 0.2) is 78.1 Å². The number of allylic oxidation sites excluding steroid dienone is 4. The number of aliphatic hydroxyl groups is 2. The van der Waals surface area contributed by atoms with Crippen molar-refractivity contribution in [3.05, 3.63) is 95.1 Å². The summed E-state index contributed by atoms with van der Waals surface area (Å²) in [6.45, 7) is 0. The van der Waals surface area contributed by atoms with Gasteiger partial charge in [-0.1, -0.05) is 30.4 Å². The minimum atomic E-state index is -1.29. The molecular formula is C25H20N4O2S. The fourth-order valence-electron chi connectivity index (χ4n) is 4.57. The van der Waals surface area contributed by atoms with Crippen LogP contribution in [-0.2, 0) is 5.60 Å². The van der Waals surface area contributed by atoms with Crippen LogP contribution in [0.4, 0.5) is 0 Å². The van der Waals surface area contributed by atoms with E-state index in [4.69, 9.17) is 4.98 Å². The number of H-pyrrole nitrogens is 1. The number of rotatable bonds is 3. The van der Waals surface area contributed by atoms with Crippen molar-refractivity contribution in [3.8, 4) is 10.6 Å². The summed E-state index contributed by atoms with van der Waals surface area (Å²) in [7, 11) is 0. The minimum Gasteiger partial charge on any atom is -0.388 e. The lowest BCUT2D eigenvalue weighted by Gasteiger charge is -2.24. The van der Waals surface area contributed by atoms with Gasteiger partial charge in [-0.3, -0.25) is 4.98 Å². The molecule has 0 aromatic carbocycles. The topological polar surface area (TPSA) is 94.9 Å². The van der Waals surface area contributed by atoms with Crippen molar-refractivity contribution in [2.24, 2.45) is 0 Å². The van der Waals surface area contributed by atoms with Crippen LogP contribution in [0.2, 0.25) is 0 Å². The predicted octanol–water partition coefficient (Wildman–Crippen LogP) is 4.68. The maximum atomic E-state index is 11.5. The molecule has 0 saturated heterocycles. The fraction of sp³-hybridized carbons (Fsp3) is 0.160. The van der Waals surface area contributed by atoms with E-state index >= 15 is 0 Å². The molecule has 0 spiro atoms. The Bertz CT molecular complexity index is 1430. The molecule has 4 heterocycles. The molecule has 0 bridgehead atoms. The standard InChI is InChI=1S/C25H20N4O2S/c30-21-12-25(31,22-18(21)7-3-10-26-22)16-5-1-4-15(8-9-16)20-14-32-24(29-20)19-13-28-23-17(19)6-2-11-27-23/h1-7,9-11,13-14,21,30-31H,8,12H2,(H,27,28)/t21-,25+/m1/s1. The number of hydrogen-bond acceptors (Lipinski definition) is 6. The van der Waals surface area contributed by atoms with Crippen LogP contribution in [0.25, 0.3) is 27.2 Å². The summed E-state index contributed by atoms with van der Waals surface area (Å²) < 4.78 is 0. The Morgan fingerprint density at radius 2 is 2.03 bits per heavy atom. The van der Waals surface area contributed by atoms with Crippen molar-refractivity contribution in [2.75, 3.05) is 0 Å². The highest BCUT2D eigenvalue weighted by atomic mass is 32.1. The van der Waals surface area contributed by atoms with E-state index < -0.39 is 11.7 Å². The molecule has 4 aromatic rings. The molecule has 0 radical (unpaired) electrons. The Balaban J connectivity index is 1.30. The largest absolute Gasteiger partial charge is 0.388 e. The number of aromatic nitrogens is 4. The van der Waals surface area contributed by atoms with E-state index in [0.29, 0.717) is 17.7 Å². The molecule has 158 valence electrons. The van der Waals surface area contributed by atoms with Gasteiger partial charge in [-0.15, -0.1) is 11.3 Å². The zero-order chi connectivity index (χ0) is 21.7. The number of thiazole rings is 1. The molecule has 2 atom stereocenters. The Hall–Kier alpha value is -3.39. The van der Waals surface area contributed by atoms with Crippen LogP contribution in [0, 0.1) is 0 Å². The van der Waals surface area contributed by atoms with Crippen molar-refractivity contribution in [1.82, 2.24) is 19.9 Å². The molecule has 0 saturated carbocycles. The third-order valence-electron chi connectivity index (χ3n) is 6.19. The van der Waals surface area contributed by atoms with Gasteiger partial charge in [-0.05, 0) is 35.8 Å². The zero-order valence-electron chi connectivity index (χ0n) is 17.1. The molecule has 3 N–H and O–H groups in total. The van der Waals surface area contributed by atoms with E-state index in [2.05, 4.69) is 20.3 Å². The van der Waals surface area contributed by atoms with E-state index in [1.165, 1.54) is 0 Å². The summed E-state index contributed by atoms with van der Waals surface area (Å²) in [5, 5.41) is 26.0. The lowest BCUT2D eigenvalue weighted by atomic mass is 9.89. The molecule has 0 fully saturated rings. The van der Waals surface area contributed by atoms with E-state index in [1.807, 2.05) is 48.7 Å². The van der Waals surface area contributed by atoms with Gasteiger partial charge < -0.3 is 15.2 Å². The van der Waals surface area contributed by atoms with Gasteiger partial charge in [0.05, 0.1) is 17.5 Å². The van der Waals surface area contributed by atoms with Gasteiger partial charge >= 0.3 is 0 Å². The lowest BCUT2D eigenvalue weighted by molar-refractivity contribution is 0.0381. The van der Waals surface area contributed by atoms with Gasteiger partial charge in [0, 0.05) is 46.9 Å². The van der Waals surface area contributed by atoms with E-state index in [0.717, 1.165) is 38.4 Å². The summed E-state index contributed by atoms with van der Waals surface area (Å²) in [5.41, 5.74) is 4.57. The molecule has 2 aliphatic carbocycles. The average Bonchev–Trinajstić information content (AvgIpc) is 3.46.